The van der Waals surface area contributed by atoms with Crippen LogP contribution < -0.4 is 5.32 Å². The Balaban J connectivity index is 2.70. The summed E-state index contributed by atoms with van der Waals surface area (Å²) in [6.45, 7) is 7.32. The number of rotatable bonds is 6. The maximum Gasteiger partial charge on any atom is 0.246 e. The van der Waals surface area contributed by atoms with E-state index in [0.717, 1.165) is 0 Å². The normalized spacial score (nSPS) is 24.1. The lowest BCUT2D eigenvalue weighted by Crippen LogP contribution is -2.64. The number of nitrogens with one attached hydrogen (secondary N) is 1. The molecule has 0 aliphatic carbocycles. The summed E-state index contributed by atoms with van der Waals surface area (Å²) >= 11 is 0. The Bertz CT molecular complexity index is 473. The van der Waals surface area contributed by atoms with Crippen molar-refractivity contribution in [1.29, 1.82) is 0 Å². The van der Waals surface area contributed by atoms with Crippen LogP contribution in [-0.2, 0) is 19.4 Å². The van der Waals surface area contributed by atoms with Crippen LogP contribution in [0, 0.1) is 5.92 Å². The number of nitrogens with zero attached hydrogens (tertiary/aromatic N) is 1. The molecule has 0 radical (unpaired) electrons. The van der Waals surface area contributed by atoms with Crippen molar-refractivity contribution >= 4 is 21.7 Å². The lowest BCUT2D eigenvalue weighted by molar-refractivity contribution is -0.149. The molecule has 1 heterocycles. The average molecular weight is 304 g/mol. The van der Waals surface area contributed by atoms with Crippen LogP contribution in [0.4, 0.5) is 0 Å². The van der Waals surface area contributed by atoms with E-state index < -0.39 is 21.9 Å². The molecule has 0 saturated carbocycles. The van der Waals surface area contributed by atoms with E-state index in [-0.39, 0.29) is 29.2 Å². The first-order valence-corrected chi connectivity index (χ1v) is 8.83. The first-order valence-electron chi connectivity index (χ1n) is 7.01. The van der Waals surface area contributed by atoms with E-state index >= 15 is 0 Å². The van der Waals surface area contributed by atoms with Crippen molar-refractivity contribution in [2.24, 2.45) is 5.92 Å². The highest BCUT2D eigenvalue weighted by Gasteiger charge is 2.39. The summed E-state index contributed by atoms with van der Waals surface area (Å²) in [4.78, 5) is 25.7. The van der Waals surface area contributed by atoms with Crippen molar-refractivity contribution in [2.45, 2.75) is 46.2 Å². The monoisotopic (exact) mass is 304 g/mol. The number of amides is 2. The van der Waals surface area contributed by atoms with Crippen molar-refractivity contribution in [3.63, 3.8) is 0 Å². The van der Waals surface area contributed by atoms with Gasteiger partial charge in [-0.05, 0) is 19.3 Å². The van der Waals surface area contributed by atoms with Crippen molar-refractivity contribution in [3.8, 4) is 0 Å². The average Bonchev–Trinajstić information content (AvgIpc) is 2.37. The molecular weight excluding hydrogens is 280 g/mol. The first-order chi connectivity index (χ1) is 9.19. The largest absolute Gasteiger partial charge is 0.342 e. The fourth-order valence-corrected chi connectivity index (χ4v) is 3.06. The highest BCUT2D eigenvalue weighted by Crippen LogP contribution is 2.15. The molecular formula is C13H24N2O4S. The standard InChI is InChI=1S/C13H24N2O4S/c1-5-20(18,19)8-6-7-15-10(4)12(16)14-11(9(2)3)13(15)17/h9-11H,5-8H2,1-4H3,(H,14,16). The van der Waals surface area contributed by atoms with Gasteiger partial charge in [-0.1, -0.05) is 20.8 Å². The Morgan fingerprint density at radius 1 is 1.30 bits per heavy atom. The van der Waals surface area contributed by atoms with Crippen LogP contribution in [0.3, 0.4) is 0 Å². The maximum atomic E-state index is 12.3. The molecule has 0 aromatic heterocycles. The van der Waals surface area contributed by atoms with Crippen LogP contribution in [0.2, 0.25) is 0 Å². The van der Waals surface area contributed by atoms with Crippen LogP contribution in [-0.4, -0.2) is 55.3 Å². The maximum absolute atomic E-state index is 12.3. The third kappa shape index (κ3) is 3.94. The van der Waals surface area contributed by atoms with Crippen LogP contribution >= 0.6 is 0 Å². The molecule has 0 bridgehead atoms. The van der Waals surface area contributed by atoms with E-state index in [9.17, 15) is 18.0 Å². The second-order valence-corrected chi connectivity index (χ2v) is 8.00. The van der Waals surface area contributed by atoms with E-state index in [4.69, 9.17) is 0 Å². The quantitative estimate of drug-likeness (QED) is 0.759. The summed E-state index contributed by atoms with van der Waals surface area (Å²) in [5.74, 6) is -0.136. The predicted octanol–water partition coefficient (Wildman–Crippen LogP) is 0.183. The predicted molar refractivity (Wildman–Crippen MR) is 76.9 cm³/mol. The number of sulfone groups is 1. The van der Waals surface area contributed by atoms with Gasteiger partial charge in [-0.15, -0.1) is 0 Å². The first kappa shape index (κ1) is 16.9. The number of carbonyl (C=O) groups is 2. The topological polar surface area (TPSA) is 83.6 Å². The van der Waals surface area contributed by atoms with Gasteiger partial charge in [0.05, 0.1) is 5.75 Å². The Morgan fingerprint density at radius 2 is 1.90 bits per heavy atom. The Labute approximate surface area is 120 Å². The molecule has 116 valence electrons. The second kappa shape index (κ2) is 6.56. The van der Waals surface area contributed by atoms with Gasteiger partial charge in [0.25, 0.3) is 0 Å². The van der Waals surface area contributed by atoms with Gasteiger partial charge in [0.15, 0.2) is 0 Å². The summed E-state index contributed by atoms with van der Waals surface area (Å²) in [6, 6.07) is -1.05. The Hall–Kier alpha value is -1.11. The van der Waals surface area contributed by atoms with E-state index in [1.54, 1.807) is 13.8 Å². The highest BCUT2D eigenvalue weighted by molar-refractivity contribution is 7.91. The molecule has 6 nitrogen and oxygen atoms in total. The van der Waals surface area contributed by atoms with Crippen molar-refractivity contribution in [1.82, 2.24) is 10.2 Å². The zero-order valence-electron chi connectivity index (χ0n) is 12.5. The van der Waals surface area contributed by atoms with E-state index in [2.05, 4.69) is 5.32 Å². The third-order valence-electron chi connectivity index (χ3n) is 3.65. The van der Waals surface area contributed by atoms with E-state index in [1.807, 2.05) is 13.8 Å². The lowest BCUT2D eigenvalue weighted by atomic mass is 9.98. The van der Waals surface area contributed by atoms with Crippen LogP contribution in [0.25, 0.3) is 0 Å². The van der Waals surface area contributed by atoms with Gasteiger partial charge in [-0.25, -0.2) is 8.42 Å². The van der Waals surface area contributed by atoms with Gasteiger partial charge in [0.1, 0.15) is 21.9 Å². The molecule has 0 spiro atoms. The number of piperazine rings is 1. The van der Waals surface area contributed by atoms with Crippen LogP contribution in [0.15, 0.2) is 0 Å². The van der Waals surface area contributed by atoms with Gasteiger partial charge < -0.3 is 10.2 Å². The molecule has 0 aromatic carbocycles. The Morgan fingerprint density at radius 3 is 2.40 bits per heavy atom. The molecule has 1 rings (SSSR count). The molecule has 1 N–H and O–H groups in total. The minimum atomic E-state index is -3.04. The molecule has 2 unspecified atom stereocenters. The van der Waals surface area contributed by atoms with Crippen LogP contribution in [0.1, 0.15) is 34.1 Å². The summed E-state index contributed by atoms with van der Waals surface area (Å²) in [5, 5.41) is 2.71. The second-order valence-electron chi connectivity index (χ2n) is 5.53. The molecule has 7 heteroatoms. The zero-order valence-corrected chi connectivity index (χ0v) is 13.4. The van der Waals surface area contributed by atoms with Crippen molar-refractivity contribution in [2.75, 3.05) is 18.1 Å². The summed E-state index contributed by atoms with van der Waals surface area (Å²) < 4.78 is 22.9. The van der Waals surface area contributed by atoms with Crippen molar-refractivity contribution < 1.29 is 18.0 Å². The molecule has 1 fully saturated rings. The zero-order chi connectivity index (χ0) is 15.5. The van der Waals surface area contributed by atoms with E-state index in [0.29, 0.717) is 13.0 Å². The van der Waals surface area contributed by atoms with Gasteiger partial charge >= 0.3 is 0 Å². The fraction of sp³-hybridized carbons (Fsp3) is 0.846. The molecule has 20 heavy (non-hydrogen) atoms. The molecule has 1 saturated heterocycles. The minimum Gasteiger partial charge on any atom is -0.342 e. The highest BCUT2D eigenvalue weighted by atomic mass is 32.2. The summed E-state index contributed by atoms with van der Waals surface area (Å²) in [6.07, 6.45) is 0.365. The number of hydrogen-bond donors (Lipinski definition) is 1. The fourth-order valence-electron chi connectivity index (χ4n) is 2.20. The third-order valence-corrected chi connectivity index (χ3v) is 5.45. The molecule has 1 aliphatic rings. The molecule has 2 amide bonds. The summed E-state index contributed by atoms with van der Waals surface area (Å²) in [7, 11) is -3.04. The Kier molecular flexibility index (Phi) is 5.56. The SMILES string of the molecule is CCS(=O)(=O)CCCN1C(=O)C(C(C)C)NC(=O)C1C. The summed E-state index contributed by atoms with van der Waals surface area (Å²) in [5.41, 5.74) is 0. The molecule has 1 aliphatic heterocycles. The van der Waals surface area contributed by atoms with Gasteiger partial charge in [-0.3, -0.25) is 9.59 Å². The molecule has 2 atom stereocenters. The van der Waals surface area contributed by atoms with Gasteiger partial charge in [0, 0.05) is 12.3 Å². The van der Waals surface area contributed by atoms with Gasteiger partial charge in [0.2, 0.25) is 11.8 Å². The van der Waals surface area contributed by atoms with E-state index in [1.165, 1.54) is 4.90 Å². The molecule has 0 aromatic rings. The van der Waals surface area contributed by atoms with Crippen LogP contribution in [0.5, 0.6) is 0 Å². The lowest BCUT2D eigenvalue weighted by Gasteiger charge is -2.38. The van der Waals surface area contributed by atoms with Gasteiger partial charge in [-0.2, -0.15) is 0 Å². The smallest absolute Gasteiger partial charge is 0.246 e. The van der Waals surface area contributed by atoms with Crippen molar-refractivity contribution in [3.05, 3.63) is 0 Å². The number of hydrogen-bond acceptors (Lipinski definition) is 4. The minimum absolute atomic E-state index is 0.0147. The number of carbonyl (C=O) groups excluding carboxylic acids is 2.